The van der Waals surface area contributed by atoms with Gasteiger partial charge in [-0.15, -0.1) is 0 Å². The Labute approximate surface area is 119 Å². The summed E-state index contributed by atoms with van der Waals surface area (Å²) >= 11 is 0. The monoisotopic (exact) mass is 275 g/mol. The fourth-order valence-corrected chi connectivity index (χ4v) is 2.81. The van der Waals surface area contributed by atoms with Crippen molar-refractivity contribution in [2.24, 2.45) is 0 Å². The van der Waals surface area contributed by atoms with Crippen molar-refractivity contribution < 1.29 is 4.79 Å². The molecule has 2 aliphatic rings. The van der Waals surface area contributed by atoms with Crippen LogP contribution in [0.3, 0.4) is 0 Å². The van der Waals surface area contributed by atoms with Crippen LogP contribution in [0.15, 0.2) is 18.3 Å². The SMILES string of the molecule is CNC(=O)c1cc(N2CC(N3CCNCC3)C2)ccn1. The number of carbonyl (C=O) groups is 1. The smallest absolute Gasteiger partial charge is 0.269 e. The van der Waals surface area contributed by atoms with Crippen molar-refractivity contribution in [2.75, 3.05) is 51.2 Å². The molecule has 0 atom stereocenters. The number of nitrogens with zero attached hydrogens (tertiary/aromatic N) is 3. The minimum Gasteiger partial charge on any atom is -0.368 e. The summed E-state index contributed by atoms with van der Waals surface area (Å²) in [4.78, 5) is 20.6. The van der Waals surface area contributed by atoms with E-state index in [9.17, 15) is 4.79 Å². The number of anilines is 1. The van der Waals surface area contributed by atoms with E-state index in [-0.39, 0.29) is 5.91 Å². The molecule has 0 unspecified atom stereocenters. The van der Waals surface area contributed by atoms with Gasteiger partial charge in [-0.05, 0) is 12.1 Å². The van der Waals surface area contributed by atoms with E-state index < -0.39 is 0 Å². The molecule has 0 aromatic carbocycles. The fraction of sp³-hybridized carbons (Fsp3) is 0.571. The van der Waals surface area contributed by atoms with Gasteiger partial charge in [-0.2, -0.15) is 0 Å². The zero-order valence-electron chi connectivity index (χ0n) is 11.8. The van der Waals surface area contributed by atoms with Gasteiger partial charge >= 0.3 is 0 Å². The van der Waals surface area contributed by atoms with Gasteiger partial charge in [0.15, 0.2) is 0 Å². The molecular formula is C14H21N5O. The molecule has 0 spiro atoms. The average Bonchev–Trinajstić information content (AvgIpc) is 2.46. The van der Waals surface area contributed by atoms with Crippen molar-refractivity contribution in [3.63, 3.8) is 0 Å². The highest BCUT2D eigenvalue weighted by Gasteiger charge is 2.32. The van der Waals surface area contributed by atoms with Gasteiger partial charge in [0, 0.05) is 64.2 Å². The van der Waals surface area contributed by atoms with Crippen LogP contribution in [0.1, 0.15) is 10.5 Å². The number of rotatable bonds is 3. The van der Waals surface area contributed by atoms with Crippen molar-refractivity contribution in [3.8, 4) is 0 Å². The van der Waals surface area contributed by atoms with Gasteiger partial charge in [-0.3, -0.25) is 14.7 Å². The molecule has 2 fully saturated rings. The highest BCUT2D eigenvalue weighted by molar-refractivity contribution is 5.92. The summed E-state index contributed by atoms with van der Waals surface area (Å²) in [6.45, 7) is 6.53. The van der Waals surface area contributed by atoms with Gasteiger partial charge < -0.3 is 15.5 Å². The molecule has 108 valence electrons. The van der Waals surface area contributed by atoms with Crippen molar-refractivity contribution in [2.45, 2.75) is 6.04 Å². The van der Waals surface area contributed by atoms with Crippen molar-refractivity contribution in [1.29, 1.82) is 0 Å². The maximum absolute atomic E-state index is 11.6. The summed E-state index contributed by atoms with van der Waals surface area (Å²) in [5.74, 6) is -0.133. The van der Waals surface area contributed by atoms with Crippen LogP contribution >= 0.6 is 0 Å². The van der Waals surface area contributed by atoms with Gasteiger partial charge in [0.2, 0.25) is 0 Å². The van der Waals surface area contributed by atoms with Gasteiger partial charge in [0.1, 0.15) is 5.69 Å². The largest absolute Gasteiger partial charge is 0.368 e. The molecule has 0 saturated carbocycles. The number of amides is 1. The Morgan fingerprint density at radius 1 is 1.40 bits per heavy atom. The average molecular weight is 275 g/mol. The van der Waals surface area contributed by atoms with Crippen LogP contribution in [-0.4, -0.2) is 68.1 Å². The molecule has 0 radical (unpaired) electrons. The number of pyridine rings is 1. The molecule has 1 amide bonds. The first kappa shape index (κ1) is 13.3. The van der Waals surface area contributed by atoms with Crippen LogP contribution in [0.2, 0.25) is 0 Å². The molecule has 0 aliphatic carbocycles. The summed E-state index contributed by atoms with van der Waals surface area (Å²) in [7, 11) is 1.63. The third-order valence-electron chi connectivity index (χ3n) is 4.10. The van der Waals surface area contributed by atoms with Crippen LogP contribution in [0.25, 0.3) is 0 Å². The Morgan fingerprint density at radius 3 is 2.85 bits per heavy atom. The van der Waals surface area contributed by atoms with E-state index in [2.05, 4.69) is 25.4 Å². The lowest BCUT2D eigenvalue weighted by atomic mass is 10.0. The molecule has 2 aliphatic heterocycles. The zero-order valence-corrected chi connectivity index (χ0v) is 11.8. The standard InChI is InChI=1S/C14H21N5O/c1-15-14(20)13-8-11(2-3-17-13)19-9-12(10-19)18-6-4-16-5-7-18/h2-3,8,12,16H,4-7,9-10H2,1H3,(H,15,20). The molecular weight excluding hydrogens is 254 g/mol. The second-order valence-electron chi connectivity index (χ2n) is 5.32. The number of aromatic nitrogens is 1. The third kappa shape index (κ3) is 2.62. The van der Waals surface area contributed by atoms with Gasteiger partial charge in [-0.25, -0.2) is 0 Å². The molecule has 6 heteroatoms. The molecule has 2 N–H and O–H groups in total. The number of nitrogens with one attached hydrogen (secondary N) is 2. The van der Waals surface area contributed by atoms with Crippen molar-refractivity contribution in [1.82, 2.24) is 20.5 Å². The van der Waals surface area contributed by atoms with Crippen LogP contribution in [0, 0.1) is 0 Å². The Kier molecular flexibility index (Phi) is 3.84. The normalized spacial score (nSPS) is 20.6. The predicted molar refractivity (Wildman–Crippen MR) is 78.1 cm³/mol. The molecule has 1 aromatic rings. The summed E-state index contributed by atoms with van der Waals surface area (Å²) in [5, 5.41) is 5.99. The summed E-state index contributed by atoms with van der Waals surface area (Å²) in [5.41, 5.74) is 1.57. The Balaban J connectivity index is 1.60. The number of hydrogen-bond acceptors (Lipinski definition) is 5. The zero-order chi connectivity index (χ0) is 13.9. The van der Waals surface area contributed by atoms with Gasteiger partial charge in [0.05, 0.1) is 0 Å². The van der Waals surface area contributed by atoms with Gasteiger partial charge in [-0.1, -0.05) is 0 Å². The Bertz CT molecular complexity index is 480. The van der Waals surface area contributed by atoms with E-state index in [0.717, 1.165) is 45.0 Å². The highest BCUT2D eigenvalue weighted by Crippen LogP contribution is 2.24. The van der Waals surface area contributed by atoms with E-state index in [1.165, 1.54) is 0 Å². The molecule has 20 heavy (non-hydrogen) atoms. The fourth-order valence-electron chi connectivity index (χ4n) is 2.81. The number of hydrogen-bond donors (Lipinski definition) is 2. The van der Waals surface area contributed by atoms with E-state index in [4.69, 9.17) is 0 Å². The second-order valence-corrected chi connectivity index (χ2v) is 5.32. The molecule has 3 rings (SSSR count). The maximum atomic E-state index is 11.6. The minimum absolute atomic E-state index is 0.133. The van der Waals surface area contributed by atoms with E-state index in [0.29, 0.717) is 11.7 Å². The first-order valence-electron chi connectivity index (χ1n) is 7.16. The summed E-state index contributed by atoms with van der Waals surface area (Å²) in [6, 6.07) is 4.49. The molecule has 3 heterocycles. The highest BCUT2D eigenvalue weighted by atomic mass is 16.1. The second kappa shape index (κ2) is 5.76. The molecule has 6 nitrogen and oxygen atoms in total. The lowest BCUT2D eigenvalue weighted by molar-refractivity contribution is 0.0958. The van der Waals surface area contributed by atoms with E-state index in [1.807, 2.05) is 12.1 Å². The Morgan fingerprint density at radius 2 is 2.15 bits per heavy atom. The predicted octanol–water partition coefficient (Wildman–Crippen LogP) is -0.465. The first-order chi connectivity index (χ1) is 9.78. The number of piperazine rings is 1. The van der Waals surface area contributed by atoms with Crippen molar-refractivity contribution >= 4 is 11.6 Å². The van der Waals surface area contributed by atoms with Gasteiger partial charge in [0.25, 0.3) is 5.91 Å². The quantitative estimate of drug-likeness (QED) is 0.781. The summed E-state index contributed by atoms with van der Waals surface area (Å²) in [6.07, 6.45) is 1.71. The Hall–Kier alpha value is -1.66. The molecule has 2 saturated heterocycles. The van der Waals surface area contributed by atoms with Crippen LogP contribution in [0.5, 0.6) is 0 Å². The minimum atomic E-state index is -0.133. The van der Waals surface area contributed by atoms with E-state index in [1.54, 1.807) is 13.2 Å². The van der Waals surface area contributed by atoms with E-state index >= 15 is 0 Å². The van der Waals surface area contributed by atoms with Crippen LogP contribution in [-0.2, 0) is 0 Å². The third-order valence-corrected chi connectivity index (χ3v) is 4.10. The number of carbonyl (C=O) groups excluding carboxylic acids is 1. The molecule has 1 aromatic heterocycles. The summed E-state index contributed by atoms with van der Waals surface area (Å²) < 4.78 is 0. The lowest BCUT2D eigenvalue weighted by Crippen LogP contribution is -2.62. The maximum Gasteiger partial charge on any atom is 0.269 e. The lowest BCUT2D eigenvalue weighted by Gasteiger charge is -2.48. The van der Waals surface area contributed by atoms with Crippen LogP contribution in [0.4, 0.5) is 5.69 Å². The molecule has 0 bridgehead atoms. The van der Waals surface area contributed by atoms with Crippen LogP contribution < -0.4 is 15.5 Å². The van der Waals surface area contributed by atoms with Crippen molar-refractivity contribution in [3.05, 3.63) is 24.0 Å². The topological polar surface area (TPSA) is 60.5 Å². The first-order valence-corrected chi connectivity index (χ1v) is 7.16.